The molecule has 112 valence electrons. The van der Waals surface area contributed by atoms with Crippen LogP contribution in [0.1, 0.15) is 18.7 Å². The predicted molar refractivity (Wildman–Crippen MR) is 73.0 cm³/mol. The number of nitrogens with zero attached hydrogens (tertiary/aromatic N) is 2. The van der Waals surface area contributed by atoms with Crippen molar-refractivity contribution >= 4 is 16.7 Å². The van der Waals surface area contributed by atoms with E-state index in [-0.39, 0.29) is 5.82 Å². The molecule has 0 bridgehead atoms. The summed E-state index contributed by atoms with van der Waals surface area (Å²) in [6, 6.07) is 6.96. The molecular formula is C14H15F2N3O2. The Morgan fingerprint density at radius 1 is 1.33 bits per heavy atom. The summed E-state index contributed by atoms with van der Waals surface area (Å²) in [6.07, 6.45) is -1.78. The summed E-state index contributed by atoms with van der Waals surface area (Å²) < 4.78 is 30.9. The van der Waals surface area contributed by atoms with E-state index in [1.807, 2.05) is 0 Å². The lowest BCUT2D eigenvalue weighted by molar-refractivity contribution is 0.125. The van der Waals surface area contributed by atoms with Crippen LogP contribution >= 0.6 is 0 Å². The second-order valence-corrected chi connectivity index (χ2v) is 4.89. The number of benzene rings is 1. The van der Waals surface area contributed by atoms with E-state index in [1.54, 1.807) is 24.3 Å². The highest BCUT2D eigenvalue weighted by Crippen LogP contribution is 2.24. The summed E-state index contributed by atoms with van der Waals surface area (Å²) in [6.45, 7) is 1.84. The van der Waals surface area contributed by atoms with E-state index in [2.05, 4.69) is 15.4 Å². The molecule has 1 aliphatic rings. The van der Waals surface area contributed by atoms with Gasteiger partial charge in [0.25, 0.3) is 6.43 Å². The first kappa shape index (κ1) is 14.1. The molecule has 1 fully saturated rings. The number of halogens is 2. The first-order chi connectivity index (χ1) is 10.2. The van der Waals surface area contributed by atoms with Crippen LogP contribution in [0.25, 0.3) is 10.9 Å². The van der Waals surface area contributed by atoms with Gasteiger partial charge in [-0.1, -0.05) is 12.1 Å². The second kappa shape index (κ2) is 6.28. The molecule has 1 aromatic heterocycles. The maximum atomic E-state index is 12.8. The van der Waals surface area contributed by atoms with Crippen molar-refractivity contribution in [2.75, 3.05) is 25.3 Å². The minimum atomic E-state index is -2.72. The fraction of sp³-hybridized carbons (Fsp3) is 0.429. The highest BCUT2D eigenvalue weighted by atomic mass is 19.3. The molecule has 0 aliphatic carbocycles. The number of para-hydroxylation sites is 1. The van der Waals surface area contributed by atoms with Crippen LogP contribution in [-0.4, -0.2) is 29.8 Å². The number of nitrogens with one attached hydrogen (secondary N) is 1. The van der Waals surface area contributed by atoms with E-state index < -0.39 is 12.2 Å². The van der Waals surface area contributed by atoms with E-state index in [9.17, 15) is 8.78 Å². The Morgan fingerprint density at radius 3 is 2.95 bits per heavy atom. The monoisotopic (exact) mass is 295 g/mol. The van der Waals surface area contributed by atoms with E-state index in [0.717, 1.165) is 13.0 Å². The lowest BCUT2D eigenvalue weighted by Crippen LogP contribution is -2.14. The maximum Gasteiger partial charge on any atom is 0.297 e. The van der Waals surface area contributed by atoms with E-state index in [4.69, 9.17) is 9.57 Å². The Hall–Kier alpha value is -1.86. The van der Waals surface area contributed by atoms with Crippen LogP contribution in [0.2, 0.25) is 0 Å². The van der Waals surface area contributed by atoms with Crippen LogP contribution in [0.3, 0.4) is 0 Å². The number of aromatic nitrogens is 2. The van der Waals surface area contributed by atoms with Crippen LogP contribution in [0.4, 0.5) is 14.6 Å². The fourth-order valence-corrected chi connectivity index (χ4v) is 2.21. The molecular weight excluding hydrogens is 280 g/mol. The van der Waals surface area contributed by atoms with Gasteiger partial charge in [0.05, 0.1) is 18.7 Å². The van der Waals surface area contributed by atoms with Gasteiger partial charge in [-0.2, -0.15) is 0 Å². The fourth-order valence-electron chi connectivity index (χ4n) is 2.21. The Bertz CT molecular complexity index is 618. The van der Waals surface area contributed by atoms with Crippen LogP contribution in [0.5, 0.6) is 0 Å². The number of anilines is 1. The van der Waals surface area contributed by atoms with Crippen molar-refractivity contribution in [3.63, 3.8) is 0 Å². The highest BCUT2D eigenvalue weighted by molar-refractivity contribution is 5.88. The Kier molecular flexibility index (Phi) is 4.21. The number of hydrogen-bond donors (Lipinski definition) is 1. The van der Waals surface area contributed by atoms with Gasteiger partial charge in [-0.15, -0.1) is 0 Å². The van der Waals surface area contributed by atoms with Crippen molar-refractivity contribution in [1.29, 1.82) is 0 Å². The van der Waals surface area contributed by atoms with Gasteiger partial charge in [0.1, 0.15) is 0 Å². The van der Waals surface area contributed by atoms with Crippen molar-refractivity contribution in [2.45, 2.75) is 12.8 Å². The molecule has 0 radical (unpaired) electrons. The van der Waals surface area contributed by atoms with Gasteiger partial charge in [0.15, 0.2) is 11.6 Å². The first-order valence-electron chi connectivity index (χ1n) is 6.74. The molecule has 0 amide bonds. The summed E-state index contributed by atoms with van der Waals surface area (Å²) in [4.78, 5) is 13.1. The zero-order chi connectivity index (χ0) is 14.7. The van der Waals surface area contributed by atoms with Gasteiger partial charge in [-0.3, -0.25) is 4.84 Å². The summed E-state index contributed by atoms with van der Waals surface area (Å²) in [5, 5.41) is 0.643. The lowest BCUT2D eigenvalue weighted by atomic mass is 10.1. The van der Waals surface area contributed by atoms with Crippen LogP contribution in [0, 0.1) is 5.92 Å². The van der Waals surface area contributed by atoms with Crippen LogP contribution in [0.15, 0.2) is 24.3 Å². The van der Waals surface area contributed by atoms with Gasteiger partial charge in [-0.05, 0) is 18.6 Å². The van der Waals surface area contributed by atoms with Crippen molar-refractivity contribution in [3.05, 3.63) is 30.1 Å². The van der Waals surface area contributed by atoms with E-state index in [1.165, 1.54) is 0 Å². The molecule has 1 aliphatic heterocycles. The molecule has 1 atom stereocenters. The van der Waals surface area contributed by atoms with Crippen molar-refractivity contribution in [1.82, 2.24) is 9.97 Å². The summed E-state index contributed by atoms with van der Waals surface area (Å²) >= 11 is 0. The van der Waals surface area contributed by atoms with Gasteiger partial charge in [0, 0.05) is 17.9 Å². The van der Waals surface area contributed by atoms with Crippen molar-refractivity contribution in [2.24, 2.45) is 5.92 Å². The number of fused-ring (bicyclic) bond motifs is 1. The van der Waals surface area contributed by atoms with Crippen molar-refractivity contribution in [3.8, 4) is 0 Å². The lowest BCUT2D eigenvalue weighted by Gasteiger charge is -2.12. The smallest absolute Gasteiger partial charge is 0.297 e. The topological polar surface area (TPSA) is 56.3 Å². The SMILES string of the molecule is FC(F)c1nc(NOCC2CCOC2)c2ccccc2n1. The molecule has 21 heavy (non-hydrogen) atoms. The first-order valence-corrected chi connectivity index (χ1v) is 6.74. The zero-order valence-electron chi connectivity index (χ0n) is 11.3. The average Bonchev–Trinajstić information content (AvgIpc) is 3.00. The zero-order valence-corrected chi connectivity index (χ0v) is 11.3. The predicted octanol–water partition coefficient (Wildman–Crippen LogP) is 2.95. The van der Waals surface area contributed by atoms with Gasteiger partial charge in [0.2, 0.25) is 0 Å². The molecule has 7 heteroatoms. The van der Waals surface area contributed by atoms with Gasteiger partial charge in [-0.25, -0.2) is 24.2 Å². The number of alkyl halides is 2. The average molecular weight is 295 g/mol. The summed E-state index contributed by atoms with van der Waals surface area (Å²) in [5.41, 5.74) is 3.13. The van der Waals surface area contributed by atoms with Gasteiger partial charge >= 0.3 is 0 Å². The largest absolute Gasteiger partial charge is 0.381 e. The standard InChI is InChI=1S/C14H15F2N3O2/c15-12(16)14-17-11-4-2-1-3-10(11)13(18-14)19-21-8-9-5-6-20-7-9/h1-4,9,12H,5-8H2,(H,17,18,19). The molecule has 5 nitrogen and oxygen atoms in total. The number of rotatable bonds is 5. The van der Waals surface area contributed by atoms with Gasteiger partial charge < -0.3 is 4.74 Å². The molecule has 2 aromatic rings. The molecule has 3 rings (SSSR count). The Balaban J connectivity index is 1.78. The molecule has 1 unspecified atom stereocenters. The minimum absolute atomic E-state index is 0.259. The quantitative estimate of drug-likeness (QED) is 0.859. The molecule has 2 heterocycles. The van der Waals surface area contributed by atoms with Crippen LogP contribution < -0.4 is 5.48 Å². The number of ether oxygens (including phenoxy) is 1. The van der Waals surface area contributed by atoms with Crippen molar-refractivity contribution < 1.29 is 18.4 Å². The minimum Gasteiger partial charge on any atom is -0.381 e. The Morgan fingerprint density at radius 2 is 2.19 bits per heavy atom. The summed E-state index contributed by atoms with van der Waals surface area (Å²) in [7, 11) is 0. The molecule has 1 N–H and O–H groups in total. The third-order valence-electron chi connectivity index (χ3n) is 3.33. The van der Waals surface area contributed by atoms with E-state index in [0.29, 0.717) is 30.0 Å². The molecule has 1 aromatic carbocycles. The second-order valence-electron chi connectivity index (χ2n) is 4.89. The summed E-state index contributed by atoms with van der Waals surface area (Å²) in [5.74, 6) is 0.0685. The molecule has 0 saturated carbocycles. The number of hydrogen-bond acceptors (Lipinski definition) is 5. The highest BCUT2D eigenvalue weighted by Gasteiger charge is 2.17. The van der Waals surface area contributed by atoms with Crippen LogP contribution in [-0.2, 0) is 9.57 Å². The third-order valence-corrected chi connectivity index (χ3v) is 3.33. The molecule has 1 saturated heterocycles. The maximum absolute atomic E-state index is 12.8. The normalized spacial score (nSPS) is 18.5. The third kappa shape index (κ3) is 3.25. The van der Waals surface area contributed by atoms with E-state index >= 15 is 0 Å². The Labute approximate surface area is 120 Å². The molecule has 0 spiro atoms.